The molecule has 0 unspecified atom stereocenters. The molecule has 0 amide bonds. The molecule has 1 aromatic heterocycles. The van der Waals surface area contributed by atoms with Crippen LogP contribution in [0.2, 0.25) is 0 Å². The fraction of sp³-hybridized carbons (Fsp3) is 0.240. The van der Waals surface area contributed by atoms with Gasteiger partial charge in [0, 0.05) is 11.4 Å². The first-order valence-corrected chi connectivity index (χ1v) is 11.0. The molecule has 4 rings (SSSR count). The van der Waals surface area contributed by atoms with Crippen molar-refractivity contribution in [1.82, 2.24) is 14.8 Å². The summed E-state index contributed by atoms with van der Waals surface area (Å²) in [7, 11) is 2.31. The maximum Gasteiger partial charge on any atom is 0.416 e. The molecule has 13 heteroatoms. The number of H-pyrrole nitrogens is 1. The van der Waals surface area contributed by atoms with Crippen LogP contribution >= 0.6 is 0 Å². The zero-order valence-electron chi connectivity index (χ0n) is 20.3. The zero-order valence-corrected chi connectivity index (χ0v) is 20.3. The molecule has 1 atom stereocenters. The molecule has 1 aliphatic heterocycles. The number of aromatic nitrogens is 3. The number of benzene rings is 2. The number of esters is 2. The summed E-state index contributed by atoms with van der Waals surface area (Å²) in [6.07, 6.45) is -4.93. The van der Waals surface area contributed by atoms with Crippen LogP contribution in [0.3, 0.4) is 0 Å². The highest BCUT2D eigenvalue weighted by Gasteiger charge is 2.41. The molecule has 0 spiro atoms. The van der Waals surface area contributed by atoms with Crippen molar-refractivity contribution in [2.24, 2.45) is 0 Å². The minimum absolute atomic E-state index is 0.00737. The predicted octanol–water partition coefficient (Wildman–Crippen LogP) is 3.37. The fourth-order valence-electron chi connectivity index (χ4n) is 4.40. The van der Waals surface area contributed by atoms with Gasteiger partial charge in [0.25, 0.3) is 0 Å². The molecule has 2 aromatic carbocycles. The molecular weight excluding hydrogens is 507 g/mol. The van der Waals surface area contributed by atoms with Crippen LogP contribution in [0.5, 0.6) is 0 Å². The molecular formula is C25H20F3N5O5. The van der Waals surface area contributed by atoms with Crippen molar-refractivity contribution in [2.45, 2.75) is 25.6 Å². The summed E-state index contributed by atoms with van der Waals surface area (Å²) >= 11 is 0. The SMILES string of the molecule is COC(=O)Cc1cc(C#N)ccc1[C@@H]1C(C(=O)OC)=C(C)N(c2cccc(C(F)(F)F)c2)c2n[nH]c(=O)n21. The third-order valence-corrected chi connectivity index (χ3v) is 6.11. The van der Waals surface area contributed by atoms with Gasteiger partial charge in [0.2, 0.25) is 5.95 Å². The number of nitrogens with one attached hydrogen (secondary N) is 1. The summed E-state index contributed by atoms with van der Waals surface area (Å²) in [5.74, 6) is -1.60. The molecule has 0 saturated carbocycles. The van der Waals surface area contributed by atoms with E-state index in [9.17, 15) is 32.8 Å². The smallest absolute Gasteiger partial charge is 0.416 e. The van der Waals surface area contributed by atoms with Gasteiger partial charge in [-0.05, 0) is 48.4 Å². The molecule has 10 nitrogen and oxygen atoms in total. The summed E-state index contributed by atoms with van der Waals surface area (Å²) in [4.78, 5) is 39.6. The maximum atomic E-state index is 13.5. The Labute approximate surface area is 213 Å². The largest absolute Gasteiger partial charge is 0.469 e. The summed E-state index contributed by atoms with van der Waals surface area (Å²) < 4.78 is 51.3. The quantitative estimate of drug-likeness (QED) is 0.500. The number of halogens is 3. The monoisotopic (exact) mass is 527 g/mol. The van der Waals surface area contributed by atoms with E-state index in [0.717, 1.165) is 23.8 Å². The molecule has 0 fully saturated rings. The number of allylic oxidation sites excluding steroid dienone is 1. The van der Waals surface area contributed by atoms with Gasteiger partial charge in [-0.3, -0.25) is 9.69 Å². The molecule has 0 aliphatic carbocycles. The first kappa shape index (κ1) is 26.2. The van der Waals surface area contributed by atoms with E-state index in [2.05, 4.69) is 10.2 Å². The number of nitrogens with zero attached hydrogens (tertiary/aromatic N) is 4. The number of carbonyl (C=O) groups is 2. The molecule has 0 saturated heterocycles. The van der Waals surface area contributed by atoms with Gasteiger partial charge in [0.05, 0.1) is 43.4 Å². The topological polar surface area (TPSA) is 130 Å². The lowest BCUT2D eigenvalue weighted by atomic mass is 9.89. The molecule has 196 valence electrons. The van der Waals surface area contributed by atoms with E-state index >= 15 is 0 Å². The number of carbonyl (C=O) groups excluding carboxylic acids is 2. The van der Waals surface area contributed by atoms with Gasteiger partial charge in [-0.25, -0.2) is 19.3 Å². The van der Waals surface area contributed by atoms with Crippen LogP contribution < -0.4 is 10.6 Å². The normalized spacial score (nSPS) is 15.1. The standard InChI is InChI=1S/C25H20F3N5O5/c1-13-20(22(35)38-3)21(18-8-7-14(12-29)9-15(18)10-19(34)37-2)33-23(30-31-24(33)36)32(13)17-6-4-5-16(11-17)25(26,27)28/h4-9,11,21H,10H2,1-3H3,(H,31,36)/t21-/m1/s1. The van der Waals surface area contributed by atoms with E-state index in [1.54, 1.807) is 0 Å². The van der Waals surface area contributed by atoms with E-state index < -0.39 is 35.4 Å². The lowest BCUT2D eigenvalue weighted by molar-refractivity contribution is -0.140. The summed E-state index contributed by atoms with van der Waals surface area (Å²) in [5.41, 5.74) is -0.867. The molecule has 1 N–H and O–H groups in total. The van der Waals surface area contributed by atoms with E-state index in [0.29, 0.717) is 11.1 Å². The Bertz CT molecular complexity index is 1560. The van der Waals surface area contributed by atoms with Gasteiger partial charge in [-0.1, -0.05) is 12.1 Å². The highest BCUT2D eigenvalue weighted by molar-refractivity contribution is 5.94. The maximum absolute atomic E-state index is 13.5. The molecule has 38 heavy (non-hydrogen) atoms. The highest BCUT2D eigenvalue weighted by Crippen LogP contribution is 2.43. The van der Waals surface area contributed by atoms with Gasteiger partial charge in [0.15, 0.2) is 0 Å². The van der Waals surface area contributed by atoms with Crippen molar-refractivity contribution in [2.75, 3.05) is 19.1 Å². The van der Waals surface area contributed by atoms with E-state index in [1.807, 2.05) is 6.07 Å². The Morgan fingerprint density at radius 1 is 1.16 bits per heavy atom. The first-order chi connectivity index (χ1) is 18.0. The minimum Gasteiger partial charge on any atom is -0.469 e. The van der Waals surface area contributed by atoms with Crippen molar-refractivity contribution in [3.63, 3.8) is 0 Å². The van der Waals surface area contributed by atoms with Crippen LogP contribution in [0.1, 0.15) is 35.2 Å². The third kappa shape index (κ3) is 4.52. The second kappa shape index (κ2) is 9.89. The third-order valence-electron chi connectivity index (χ3n) is 6.11. The van der Waals surface area contributed by atoms with E-state index in [4.69, 9.17) is 9.47 Å². The van der Waals surface area contributed by atoms with E-state index in [-0.39, 0.29) is 34.9 Å². The summed E-state index contributed by atoms with van der Waals surface area (Å²) in [6, 6.07) is 9.47. The average Bonchev–Trinajstić information content (AvgIpc) is 3.27. The number of hydrogen-bond donors (Lipinski definition) is 1. The molecule has 0 radical (unpaired) electrons. The van der Waals surface area contributed by atoms with Crippen molar-refractivity contribution in [1.29, 1.82) is 5.26 Å². The van der Waals surface area contributed by atoms with Crippen molar-refractivity contribution < 1.29 is 32.2 Å². The summed E-state index contributed by atoms with van der Waals surface area (Å²) in [6.45, 7) is 1.48. The molecule has 0 bridgehead atoms. The Morgan fingerprint density at radius 2 is 1.89 bits per heavy atom. The fourth-order valence-corrected chi connectivity index (χ4v) is 4.40. The van der Waals surface area contributed by atoms with Crippen molar-refractivity contribution in [3.8, 4) is 6.07 Å². The lowest BCUT2D eigenvalue weighted by Crippen LogP contribution is -2.38. The zero-order chi connectivity index (χ0) is 27.8. The number of fused-ring (bicyclic) bond motifs is 1. The average molecular weight is 527 g/mol. The molecule has 1 aliphatic rings. The summed E-state index contributed by atoms with van der Waals surface area (Å²) in [5, 5.41) is 15.7. The number of rotatable bonds is 5. The number of alkyl halides is 3. The second-order valence-corrected chi connectivity index (χ2v) is 8.25. The van der Waals surface area contributed by atoms with Gasteiger partial charge in [-0.15, -0.1) is 5.10 Å². The number of hydrogen-bond acceptors (Lipinski definition) is 8. The number of nitriles is 1. The van der Waals surface area contributed by atoms with Crippen LogP contribution in [0, 0.1) is 11.3 Å². The van der Waals surface area contributed by atoms with Gasteiger partial charge in [-0.2, -0.15) is 18.4 Å². The lowest BCUT2D eigenvalue weighted by Gasteiger charge is -2.36. The van der Waals surface area contributed by atoms with E-state index in [1.165, 1.54) is 49.3 Å². The van der Waals surface area contributed by atoms with Gasteiger partial charge < -0.3 is 9.47 Å². The number of anilines is 2. The Morgan fingerprint density at radius 3 is 2.53 bits per heavy atom. The number of aromatic amines is 1. The van der Waals surface area contributed by atoms with Crippen molar-refractivity contribution >= 4 is 23.6 Å². The van der Waals surface area contributed by atoms with Crippen molar-refractivity contribution in [3.05, 3.63) is 86.5 Å². The van der Waals surface area contributed by atoms with Crippen LogP contribution in [-0.4, -0.2) is 40.9 Å². The van der Waals surface area contributed by atoms with Gasteiger partial charge in [0.1, 0.15) is 6.04 Å². The van der Waals surface area contributed by atoms with Crippen LogP contribution in [0.15, 0.2) is 58.5 Å². The van der Waals surface area contributed by atoms with Crippen LogP contribution in [0.25, 0.3) is 0 Å². The number of ether oxygens (including phenoxy) is 2. The molecule has 2 heterocycles. The molecule has 3 aromatic rings. The Kier molecular flexibility index (Phi) is 6.82. The highest BCUT2D eigenvalue weighted by atomic mass is 19.4. The van der Waals surface area contributed by atoms with Crippen LogP contribution in [-0.2, 0) is 31.7 Å². The predicted molar refractivity (Wildman–Crippen MR) is 126 cm³/mol. The number of methoxy groups -OCH3 is 2. The van der Waals surface area contributed by atoms with Crippen LogP contribution in [0.4, 0.5) is 24.8 Å². The Balaban J connectivity index is 2.03. The van der Waals surface area contributed by atoms with Gasteiger partial charge >= 0.3 is 23.8 Å². The minimum atomic E-state index is -4.65. The first-order valence-electron chi connectivity index (χ1n) is 11.0. The Hall–Kier alpha value is -4.86. The second-order valence-electron chi connectivity index (χ2n) is 8.25.